The molecule has 0 amide bonds. The van der Waals surface area contributed by atoms with E-state index in [4.69, 9.17) is 0 Å². The Hall–Kier alpha value is -0.483. The van der Waals surface area contributed by atoms with E-state index >= 15 is 0 Å². The summed E-state index contributed by atoms with van der Waals surface area (Å²) in [6, 6.07) is 4.01. The molecule has 2 rings (SSSR count). The summed E-state index contributed by atoms with van der Waals surface area (Å²) >= 11 is 0. The van der Waals surface area contributed by atoms with Gasteiger partial charge in [-0.1, -0.05) is 32.9 Å². The van der Waals surface area contributed by atoms with E-state index in [1.165, 1.54) is 37.4 Å². The first-order valence-corrected chi connectivity index (χ1v) is 10.5. The van der Waals surface area contributed by atoms with Gasteiger partial charge in [0.25, 0.3) is 0 Å². The van der Waals surface area contributed by atoms with Gasteiger partial charge in [0.15, 0.2) is 0 Å². The molecule has 2 bridgehead atoms. The number of rotatable bonds is 5. The summed E-state index contributed by atoms with van der Waals surface area (Å²) in [7, 11) is -1.19. The molecule has 0 aromatic heterocycles. The highest BCUT2D eigenvalue weighted by atomic mass is 28.3. The van der Waals surface area contributed by atoms with Crippen LogP contribution in [-0.4, -0.2) is 8.07 Å². The Morgan fingerprint density at radius 3 is 2.28 bits per heavy atom. The molecule has 0 aliphatic heterocycles. The minimum absolute atomic E-state index is 0.905. The fourth-order valence-electron chi connectivity index (χ4n) is 3.75. The lowest BCUT2D eigenvalue weighted by atomic mass is 9.90. The van der Waals surface area contributed by atoms with Crippen molar-refractivity contribution < 1.29 is 0 Å². The van der Waals surface area contributed by atoms with Crippen molar-refractivity contribution in [2.24, 2.45) is 17.8 Å². The SMILES string of the molecule is CC[Si](C#CCCC1CC2C=CC1C2)(CC)CC. The Bertz CT molecular complexity index is 345. The zero-order chi connectivity index (χ0) is 13.0. The van der Waals surface area contributed by atoms with Crippen LogP contribution in [0.2, 0.25) is 18.1 Å². The van der Waals surface area contributed by atoms with Crippen molar-refractivity contribution in [3.05, 3.63) is 12.2 Å². The van der Waals surface area contributed by atoms with Crippen molar-refractivity contribution in [2.75, 3.05) is 0 Å². The maximum Gasteiger partial charge on any atom is 0.137 e. The van der Waals surface area contributed by atoms with Crippen LogP contribution in [0.4, 0.5) is 0 Å². The van der Waals surface area contributed by atoms with Crippen molar-refractivity contribution in [1.82, 2.24) is 0 Å². The average Bonchev–Trinajstić information content (AvgIpc) is 3.02. The highest BCUT2D eigenvalue weighted by Crippen LogP contribution is 2.45. The summed E-state index contributed by atoms with van der Waals surface area (Å²) in [4.78, 5) is 0. The first-order valence-electron chi connectivity index (χ1n) is 7.91. The van der Waals surface area contributed by atoms with Gasteiger partial charge in [-0.3, -0.25) is 0 Å². The fourth-order valence-corrected chi connectivity index (χ4v) is 6.28. The number of hydrogen-bond acceptors (Lipinski definition) is 0. The number of fused-ring (bicyclic) bond motifs is 2. The summed E-state index contributed by atoms with van der Waals surface area (Å²) in [6.45, 7) is 7.03. The molecule has 0 heterocycles. The third-order valence-electron chi connectivity index (χ3n) is 5.44. The maximum absolute atomic E-state index is 3.72. The maximum atomic E-state index is 3.72. The topological polar surface area (TPSA) is 0 Å². The van der Waals surface area contributed by atoms with Crippen LogP contribution < -0.4 is 0 Å². The van der Waals surface area contributed by atoms with E-state index < -0.39 is 8.07 Å². The molecule has 0 aromatic carbocycles. The fraction of sp³-hybridized carbons (Fsp3) is 0.765. The van der Waals surface area contributed by atoms with Gasteiger partial charge in [-0.05, 0) is 55.1 Å². The summed E-state index contributed by atoms with van der Waals surface area (Å²) < 4.78 is 0. The number of allylic oxidation sites excluding steroid dienone is 2. The molecule has 0 aromatic rings. The van der Waals surface area contributed by atoms with Crippen LogP contribution >= 0.6 is 0 Å². The molecule has 3 unspecified atom stereocenters. The van der Waals surface area contributed by atoms with Gasteiger partial charge in [0.2, 0.25) is 0 Å². The Morgan fingerprint density at radius 1 is 1.06 bits per heavy atom. The summed E-state index contributed by atoms with van der Waals surface area (Å²) in [5.74, 6) is 6.33. The summed E-state index contributed by atoms with van der Waals surface area (Å²) in [6.07, 6.45) is 10.3. The van der Waals surface area contributed by atoms with Gasteiger partial charge < -0.3 is 0 Å². The Kier molecular flexibility index (Phi) is 4.73. The van der Waals surface area contributed by atoms with E-state index in [0.29, 0.717) is 0 Å². The van der Waals surface area contributed by atoms with Crippen LogP contribution in [0.15, 0.2) is 12.2 Å². The van der Waals surface area contributed by atoms with Crippen molar-refractivity contribution >= 4 is 8.07 Å². The van der Waals surface area contributed by atoms with Crippen molar-refractivity contribution in [3.63, 3.8) is 0 Å². The van der Waals surface area contributed by atoms with Crippen LogP contribution in [0.1, 0.15) is 46.5 Å². The van der Waals surface area contributed by atoms with Crippen molar-refractivity contribution in [2.45, 2.75) is 64.6 Å². The smallest absolute Gasteiger partial charge is 0.131 e. The van der Waals surface area contributed by atoms with Crippen molar-refractivity contribution in [1.29, 1.82) is 0 Å². The molecular weight excluding hydrogens is 232 g/mol. The summed E-state index contributed by atoms with van der Waals surface area (Å²) in [5.41, 5.74) is 3.72. The van der Waals surface area contributed by atoms with Gasteiger partial charge in [-0.2, -0.15) is 0 Å². The quantitative estimate of drug-likeness (QED) is 0.369. The lowest BCUT2D eigenvalue weighted by molar-refractivity contribution is 0.422. The molecule has 2 aliphatic rings. The highest BCUT2D eigenvalue weighted by Gasteiger charge is 2.34. The van der Waals surface area contributed by atoms with Gasteiger partial charge in [-0.15, -0.1) is 11.5 Å². The molecule has 18 heavy (non-hydrogen) atoms. The van der Waals surface area contributed by atoms with Crippen LogP contribution in [0.3, 0.4) is 0 Å². The molecule has 0 N–H and O–H groups in total. The molecule has 0 nitrogen and oxygen atoms in total. The largest absolute Gasteiger partial charge is 0.137 e. The van der Waals surface area contributed by atoms with Gasteiger partial charge in [-0.25, -0.2) is 0 Å². The van der Waals surface area contributed by atoms with E-state index in [9.17, 15) is 0 Å². The van der Waals surface area contributed by atoms with Gasteiger partial charge >= 0.3 is 0 Å². The average molecular weight is 260 g/mol. The van der Waals surface area contributed by atoms with Crippen LogP contribution in [0.25, 0.3) is 0 Å². The molecule has 0 radical (unpaired) electrons. The normalized spacial score (nSPS) is 29.4. The molecular formula is C17H28Si. The van der Waals surface area contributed by atoms with Crippen LogP contribution in [0, 0.1) is 29.2 Å². The Morgan fingerprint density at radius 2 is 1.78 bits per heavy atom. The third-order valence-corrected chi connectivity index (χ3v) is 10.2. The minimum Gasteiger partial charge on any atom is -0.131 e. The lowest BCUT2D eigenvalue weighted by Gasteiger charge is -2.20. The second-order valence-corrected chi connectivity index (χ2v) is 11.2. The van der Waals surface area contributed by atoms with E-state index in [1.54, 1.807) is 0 Å². The van der Waals surface area contributed by atoms with E-state index in [1.807, 2.05) is 0 Å². The highest BCUT2D eigenvalue weighted by molar-refractivity contribution is 6.87. The van der Waals surface area contributed by atoms with E-state index in [2.05, 4.69) is 44.4 Å². The molecule has 1 heteroatoms. The first-order chi connectivity index (χ1) is 8.73. The molecule has 2 aliphatic carbocycles. The van der Waals surface area contributed by atoms with Crippen LogP contribution in [0.5, 0.6) is 0 Å². The predicted octanol–water partition coefficient (Wildman–Crippen LogP) is 5.03. The minimum atomic E-state index is -1.19. The summed E-state index contributed by atoms with van der Waals surface area (Å²) in [5, 5.41) is 0. The lowest BCUT2D eigenvalue weighted by Crippen LogP contribution is -2.29. The van der Waals surface area contributed by atoms with Gasteiger partial charge in [0.05, 0.1) is 0 Å². The molecule has 3 atom stereocenters. The van der Waals surface area contributed by atoms with Gasteiger partial charge in [0, 0.05) is 6.42 Å². The zero-order valence-corrected chi connectivity index (χ0v) is 13.3. The third kappa shape index (κ3) is 2.91. The number of hydrogen-bond donors (Lipinski definition) is 0. The first kappa shape index (κ1) is 13.9. The van der Waals surface area contributed by atoms with Gasteiger partial charge in [0.1, 0.15) is 8.07 Å². The Labute approximate surface area is 114 Å². The predicted molar refractivity (Wildman–Crippen MR) is 83.1 cm³/mol. The molecule has 0 saturated heterocycles. The van der Waals surface area contributed by atoms with Crippen LogP contribution in [-0.2, 0) is 0 Å². The molecule has 1 fully saturated rings. The van der Waals surface area contributed by atoms with Crippen molar-refractivity contribution in [3.8, 4) is 11.5 Å². The molecule has 0 spiro atoms. The monoisotopic (exact) mass is 260 g/mol. The standard InChI is InChI=1S/C17H28Si/c1-4-18(5-2,6-3)12-8-7-9-16-13-15-10-11-17(16)14-15/h10-11,15-17H,4-7,9,13-14H2,1-3H3. The molecule has 100 valence electrons. The Balaban J connectivity index is 1.80. The second kappa shape index (κ2) is 6.11. The second-order valence-electron chi connectivity index (χ2n) is 6.22. The zero-order valence-electron chi connectivity index (χ0n) is 12.3. The van der Waals surface area contributed by atoms with E-state index in [0.717, 1.165) is 24.2 Å². The van der Waals surface area contributed by atoms with E-state index in [-0.39, 0.29) is 0 Å². The molecule has 1 saturated carbocycles.